The number of esters is 2. The molecule has 118 valence electrons. The van der Waals surface area contributed by atoms with Gasteiger partial charge in [0.2, 0.25) is 11.8 Å². The smallest absolute Gasteiger partial charge is 0.307 e. The number of nitrogens with one attached hydrogen (secondary N) is 1. The van der Waals surface area contributed by atoms with Crippen molar-refractivity contribution in [1.82, 2.24) is 5.32 Å². The SMILES string of the molecule is CC(=O)OC1=C(C)[C@]2(OC(C)=O)CC[C@H]1[C@H]1C(=O)NC(=O)[C@@H]12. The lowest BCUT2D eigenvalue weighted by molar-refractivity contribution is -0.175. The van der Waals surface area contributed by atoms with Gasteiger partial charge >= 0.3 is 11.9 Å². The van der Waals surface area contributed by atoms with E-state index in [1.807, 2.05) is 0 Å². The highest BCUT2D eigenvalue weighted by atomic mass is 16.6. The van der Waals surface area contributed by atoms with Crippen molar-refractivity contribution in [2.24, 2.45) is 17.8 Å². The van der Waals surface area contributed by atoms with Gasteiger partial charge in [0, 0.05) is 25.3 Å². The number of ether oxygens (including phenoxy) is 2. The monoisotopic (exact) mass is 307 g/mol. The van der Waals surface area contributed by atoms with Gasteiger partial charge in [-0.05, 0) is 19.8 Å². The van der Waals surface area contributed by atoms with E-state index in [0.717, 1.165) is 0 Å². The first-order valence-electron chi connectivity index (χ1n) is 7.22. The minimum atomic E-state index is -1.20. The van der Waals surface area contributed by atoms with Crippen LogP contribution < -0.4 is 5.32 Å². The molecule has 7 nitrogen and oxygen atoms in total. The van der Waals surface area contributed by atoms with E-state index in [4.69, 9.17) is 9.47 Å². The Balaban J connectivity index is 2.17. The summed E-state index contributed by atoms with van der Waals surface area (Å²) in [5.41, 5.74) is -0.646. The molecule has 1 heterocycles. The second-order valence-corrected chi connectivity index (χ2v) is 6.07. The molecule has 0 spiro atoms. The van der Waals surface area contributed by atoms with Crippen LogP contribution in [0.2, 0.25) is 0 Å². The van der Waals surface area contributed by atoms with Gasteiger partial charge in [0.05, 0.1) is 11.8 Å². The molecule has 0 aromatic heterocycles. The fourth-order valence-corrected chi connectivity index (χ4v) is 4.17. The summed E-state index contributed by atoms with van der Waals surface area (Å²) in [4.78, 5) is 47.3. The number of imide groups is 1. The Morgan fingerprint density at radius 1 is 1.18 bits per heavy atom. The molecule has 22 heavy (non-hydrogen) atoms. The zero-order valence-electron chi connectivity index (χ0n) is 12.6. The quantitative estimate of drug-likeness (QED) is 0.587. The van der Waals surface area contributed by atoms with Crippen LogP contribution in [-0.2, 0) is 28.7 Å². The zero-order valence-corrected chi connectivity index (χ0v) is 12.6. The van der Waals surface area contributed by atoms with Crippen molar-refractivity contribution in [2.75, 3.05) is 0 Å². The van der Waals surface area contributed by atoms with Crippen LogP contribution in [0.1, 0.15) is 33.6 Å². The molecular weight excluding hydrogens is 290 g/mol. The lowest BCUT2D eigenvalue weighted by Crippen LogP contribution is -2.58. The van der Waals surface area contributed by atoms with Crippen molar-refractivity contribution in [3.05, 3.63) is 11.3 Å². The van der Waals surface area contributed by atoms with Gasteiger partial charge < -0.3 is 9.47 Å². The van der Waals surface area contributed by atoms with Crippen molar-refractivity contribution in [3.8, 4) is 0 Å². The van der Waals surface area contributed by atoms with Gasteiger partial charge in [-0.1, -0.05) is 0 Å². The number of carbonyl (C=O) groups is 4. The molecule has 0 unspecified atom stereocenters. The van der Waals surface area contributed by atoms with E-state index in [1.165, 1.54) is 13.8 Å². The second kappa shape index (κ2) is 4.66. The van der Waals surface area contributed by atoms with Crippen LogP contribution in [0.3, 0.4) is 0 Å². The molecule has 7 heteroatoms. The maximum atomic E-state index is 12.2. The lowest BCUT2D eigenvalue weighted by Gasteiger charge is -2.51. The Kier molecular flexibility index (Phi) is 3.12. The Morgan fingerprint density at radius 2 is 1.86 bits per heavy atom. The molecule has 2 amide bonds. The lowest BCUT2D eigenvalue weighted by atomic mass is 9.56. The van der Waals surface area contributed by atoms with Crippen LogP contribution in [0.5, 0.6) is 0 Å². The zero-order chi connectivity index (χ0) is 16.2. The van der Waals surface area contributed by atoms with Gasteiger partial charge in [0.15, 0.2) is 0 Å². The molecule has 1 saturated heterocycles. The van der Waals surface area contributed by atoms with Crippen LogP contribution in [-0.4, -0.2) is 29.4 Å². The molecule has 0 aromatic rings. The van der Waals surface area contributed by atoms with Gasteiger partial charge in [0.25, 0.3) is 0 Å². The summed E-state index contributed by atoms with van der Waals surface area (Å²) in [6.45, 7) is 4.23. The van der Waals surface area contributed by atoms with Crippen LogP contribution >= 0.6 is 0 Å². The summed E-state index contributed by atoms with van der Waals surface area (Å²) in [5, 5.41) is 2.32. The van der Waals surface area contributed by atoms with Crippen molar-refractivity contribution in [1.29, 1.82) is 0 Å². The average molecular weight is 307 g/mol. The summed E-state index contributed by atoms with van der Waals surface area (Å²) in [6, 6.07) is 0. The topological polar surface area (TPSA) is 98.8 Å². The first-order chi connectivity index (χ1) is 10.3. The first kappa shape index (κ1) is 14.7. The third-order valence-electron chi connectivity index (χ3n) is 4.87. The molecular formula is C15H17NO6. The van der Waals surface area contributed by atoms with E-state index in [1.54, 1.807) is 6.92 Å². The van der Waals surface area contributed by atoms with Gasteiger partial charge in [-0.15, -0.1) is 0 Å². The Hall–Kier alpha value is -2.18. The van der Waals surface area contributed by atoms with Crippen LogP contribution in [0.15, 0.2) is 11.3 Å². The summed E-state index contributed by atoms with van der Waals surface area (Å²) >= 11 is 0. The first-order valence-corrected chi connectivity index (χ1v) is 7.22. The molecule has 1 N–H and O–H groups in total. The predicted octanol–water partition coefficient (Wildman–Crippen LogP) is 0.438. The van der Waals surface area contributed by atoms with Gasteiger partial charge in [0.1, 0.15) is 11.4 Å². The minimum Gasteiger partial charge on any atom is -0.454 e. The fraction of sp³-hybridized carbons (Fsp3) is 0.600. The molecule has 2 fully saturated rings. The molecule has 4 atom stereocenters. The largest absolute Gasteiger partial charge is 0.454 e. The highest BCUT2D eigenvalue weighted by Crippen LogP contribution is 2.57. The van der Waals surface area contributed by atoms with Crippen LogP contribution in [0, 0.1) is 17.8 Å². The molecule has 0 radical (unpaired) electrons. The minimum absolute atomic E-state index is 0.335. The molecule has 4 aliphatic rings. The Labute approximate surface area is 127 Å². The highest BCUT2D eigenvalue weighted by molar-refractivity contribution is 6.07. The molecule has 3 aliphatic carbocycles. The number of allylic oxidation sites excluding steroid dienone is 1. The standard InChI is InChI=1S/C15H17NO6/c1-6-12(21-7(2)17)9-4-5-15(6,22-8(3)18)11-10(9)13(19)16-14(11)20/h9-11H,4-5H2,1-3H3,(H,16,19,20)/t9-,10+,11+,15+/m0/s1. The Bertz CT molecular complexity index is 636. The maximum Gasteiger partial charge on any atom is 0.307 e. The number of hydrogen-bond acceptors (Lipinski definition) is 6. The summed E-state index contributed by atoms with van der Waals surface area (Å²) in [6.07, 6.45) is 0.963. The highest BCUT2D eigenvalue weighted by Gasteiger charge is 2.67. The van der Waals surface area contributed by atoms with Crippen LogP contribution in [0.4, 0.5) is 0 Å². The molecule has 1 aliphatic heterocycles. The summed E-state index contributed by atoms with van der Waals surface area (Å²) in [7, 11) is 0. The third kappa shape index (κ3) is 1.81. The van der Waals surface area contributed by atoms with E-state index in [9.17, 15) is 19.2 Å². The van der Waals surface area contributed by atoms with Gasteiger partial charge in [-0.25, -0.2) is 0 Å². The fourth-order valence-electron chi connectivity index (χ4n) is 4.17. The molecule has 2 bridgehead atoms. The number of fused-ring (bicyclic) bond motifs is 1. The summed E-state index contributed by atoms with van der Waals surface area (Å²) < 4.78 is 10.8. The number of rotatable bonds is 2. The normalized spacial score (nSPS) is 36.0. The Morgan fingerprint density at radius 3 is 2.45 bits per heavy atom. The van der Waals surface area contributed by atoms with E-state index in [2.05, 4.69) is 5.32 Å². The summed E-state index contributed by atoms with van der Waals surface area (Å²) in [5.74, 6) is -3.23. The molecule has 0 aromatic carbocycles. The van der Waals surface area contributed by atoms with Crippen molar-refractivity contribution in [2.45, 2.75) is 39.2 Å². The molecule has 1 saturated carbocycles. The van der Waals surface area contributed by atoms with Crippen molar-refractivity contribution < 1.29 is 28.7 Å². The van der Waals surface area contributed by atoms with Gasteiger partial charge in [-0.2, -0.15) is 0 Å². The van der Waals surface area contributed by atoms with E-state index in [-0.39, 0.29) is 5.92 Å². The maximum absolute atomic E-state index is 12.2. The predicted molar refractivity (Wildman–Crippen MR) is 71.8 cm³/mol. The van der Waals surface area contributed by atoms with Gasteiger partial charge in [-0.3, -0.25) is 24.5 Å². The number of carbonyl (C=O) groups excluding carboxylic acids is 4. The van der Waals surface area contributed by atoms with Crippen LogP contribution in [0.25, 0.3) is 0 Å². The third-order valence-corrected chi connectivity index (χ3v) is 4.87. The van der Waals surface area contributed by atoms with Crippen molar-refractivity contribution >= 4 is 23.8 Å². The number of hydrogen-bond donors (Lipinski definition) is 1. The van der Waals surface area contributed by atoms with E-state index < -0.39 is 41.2 Å². The second-order valence-electron chi connectivity index (χ2n) is 6.07. The van der Waals surface area contributed by atoms with E-state index in [0.29, 0.717) is 24.2 Å². The average Bonchev–Trinajstić information content (AvgIpc) is 2.71. The molecule has 4 rings (SSSR count). The van der Waals surface area contributed by atoms with E-state index >= 15 is 0 Å². The van der Waals surface area contributed by atoms with Crippen molar-refractivity contribution in [3.63, 3.8) is 0 Å². The number of amides is 2.